The Bertz CT molecular complexity index is 1170. The van der Waals surface area contributed by atoms with Crippen molar-refractivity contribution in [3.05, 3.63) is 59.7 Å². The number of hydrogen-bond acceptors (Lipinski definition) is 6. The monoisotopic (exact) mass is 448 g/mol. The molecule has 2 N–H and O–H groups in total. The van der Waals surface area contributed by atoms with Crippen LogP contribution in [0.3, 0.4) is 0 Å². The van der Waals surface area contributed by atoms with Crippen LogP contribution in [0.2, 0.25) is 0 Å². The van der Waals surface area contributed by atoms with E-state index in [0.717, 1.165) is 39.1 Å². The molecule has 0 bridgehead atoms. The number of ether oxygens (including phenoxy) is 1. The van der Waals surface area contributed by atoms with Gasteiger partial charge in [-0.05, 0) is 49.4 Å². The standard InChI is InChI=1S/C25H28N4O4/c1-3-10-28-11-13-29(14-12-28)23-16-20(25(31)32)19-15-17(8-9-21(19)27-23)26-24(30)18-6-4-5-7-22(18)33-2/h4-9,15-16H,3,10-14H2,1-2H3,(H,26,30)(H,31,32). The van der Waals surface area contributed by atoms with Crippen molar-refractivity contribution in [1.29, 1.82) is 0 Å². The van der Waals surface area contributed by atoms with Crippen molar-refractivity contribution in [3.8, 4) is 5.75 Å². The first-order chi connectivity index (χ1) is 16.0. The lowest BCUT2D eigenvalue weighted by atomic mass is 10.1. The second kappa shape index (κ2) is 9.87. The fourth-order valence-corrected chi connectivity index (χ4v) is 4.18. The summed E-state index contributed by atoms with van der Waals surface area (Å²) < 4.78 is 5.26. The van der Waals surface area contributed by atoms with Crippen molar-refractivity contribution >= 4 is 34.3 Å². The van der Waals surface area contributed by atoms with Gasteiger partial charge in [0.15, 0.2) is 0 Å². The molecular weight excluding hydrogens is 420 g/mol. The van der Waals surface area contributed by atoms with Gasteiger partial charge in [-0.1, -0.05) is 19.1 Å². The Kier molecular flexibility index (Phi) is 6.74. The van der Waals surface area contributed by atoms with E-state index in [-0.39, 0.29) is 11.5 Å². The zero-order valence-electron chi connectivity index (χ0n) is 18.9. The maximum Gasteiger partial charge on any atom is 0.336 e. The summed E-state index contributed by atoms with van der Waals surface area (Å²) in [5.74, 6) is -0.228. The average molecular weight is 449 g/mol. The zero-order chi connectivity index (χ0) is 23.4. The number of aromatic nitrogens is 1. The Hall–Kier alpha value is -3.65. The van der Waals surface area contributed by atoms with Gasteiger partial charge in [-0.2, -0.15) is 0 Å². The minimum Gasteiger partial charge on any atom is -0.496 e. The SMILES string of the molecule is CCCN1CCN(c2cc(C(=O)O)c3cc(NC(=O)c4ccccc4OC)ccc3n2)CC1. The third-order valence-corrected chi connectivity index (χ3v) is 5.87. The molecule has 0 spiro atoms. The second-order valence-corrected chi connectivity index (χ2v) is 8.05. The normalized spacial score (nSPS) is 14.3. The van der Waals surface area contributed by atoms with Crippen LogP contribution in [0.4, 0.5) is 11.5 Å². The van der Waals surface area contributed by atoms with E-state index in [1.54, 1.807) is 48.5 Å². The summed E-state index contributed by atoms with van der Waals surface area (Å²) in [6.07, 6.45) is 1.12. The highest BCUT2D eigenvalue weighted by Crippen LogP contribution is 2.27. The lowest BCUT2D eigenvalue weighted by molar-refractivity contribution is 0.0698. The molecule has 0 aliphatic carbocycles. The van der Waals surface area contributed by atoms with Gasteiger partial charge >= 0.3 is 5.97 Å². The highest BCUT2D eigenvalue weighted by molar-refractivity contribution is 6.09. The molecule has 3 aromatic rings. The van der Waals surface area contributed by atoms with Gasteiger partial charge in [0.05, 0.1) is 23.8 Å². The molecule has 172 valence electrons. The Labute approximate surface area is 192 Å². The molecule has 1 amide bonds. The second-order valence-electron chi connectivity index (χ2n) is 8.05. The number of pyridine rings is 1. The number of carbonyl (C=O) groups excluding carboxylic acids is 1. The predicted molar refractivity (Wildman–Crippen MR) is 129 cm³/mol. The highest BCUT2D eigenvalue weighted by Gasteiger charge is 2.21. The number of nitrogens with zero attached hydrogens (tertiary/aromatic N) is 3. The number of carboxylic acids is 1. The van der Waals surface area contributed by atoms with Crippen LogP contribution in [0.1, 0.15) is 34.1 Å². The Balaban J connectivity index is 1.61. The van der Waals surface area contributed by atoms with E-state index < -0.39 is 5.97 Å². The number of hydrogen-bond donors (Lipinski definition) is 2. The molecule has 0 atom stereocenters. The van der Waals surface area contributed by atoms with E-state index in [4.69, 9.17) is 9.72 Å². The Morgan fingerprint density at radius 2 is 1.82 bits per heavy atom. The maximum absolute atomic E-state index is 12.7. The molecule has 1 aliphatic rings. The van der Waals surface area contributed by atoms with Crippen molar-refractivity contribution in [2.24, 2.45) is 0 Å². The number of amides is 1. The lowest BCUT2D eigenvalue weighted by Crippen LogP contribution is -2.46. The first kappa shape index (κ1) is 22.5. The van der Waals surface area contributed by atoms with E-state index in [2.05, 4.69) is 22.0 Å². The first-order valence-electron chi connectivity index (χ1n) is 11.1. The van der Waals surface area contributed by atoms with Gasteiger partial charge < -0.3 is 20.1 Å². The largest absolute Gasteiger partial charge is 0.496 e. The summed E-state index contributed by atoms with van der Waals surface area (Å²) in [5.41, 5.74) is 1.63. The van der Waals surface area contributed by atoms with Crippen molar-refractivity contribution < 1.29 is 19.4 Å². The number of piperazine rings is 1. The van der Waals surface area contributed by atoms with Crippen molar-refractivity contribution in [1.82, 2.24) is 9.88 Å². The van der Waals surface area contributed by atoms with Gasteiger partial charge in [0.2, 0.25) is 0 Å². The van der Waals surface area contributed by atoms with Crippen LogP contribution in [0.5, 0.6) is 5.75 Å². The Morgan fingerprint density at radius 3 is 2.52 bits per heavy atom. The van der Waals surface area contributed by atoms with Crippen molar-refractivity contribution in [3.63, 3.8) is 0 Å². The summed E-state index contributed by atoms with van der Waals surface area (Å²) in [6, 6.07) is 13.7. The van der Waals surface area contributed by atoms with Crippen LogP contribution in [-0.2, 0) is 0 Å². The summed E-state index contributed by atoms with van der Waals surface area (Å²) in [5, 5.41) is 13.2. The van der Waals surface area contributed by atoms with Crippen LogP contribution in [0.15, 0.2) is 48.5 Å². The molecular formula is C25H28N4O4. The van der Waals surface area contributed by atoms with Gasteiger partial charge in [0.25, 0.3) is 5.91 Å². The van der Waals surface area contributed by atoms with E-state index >= 15 is 0 Å². The number of methoxy groups -OCH3 is 1. The third-order valence-electron chi connectivity index (χ3n) is 5.87. The number of fused-ring (bicyclic) bond motifs is 1. The summed E-state index contributed by atoms with van der Waals surface area (Å²) in [6.45, 7) is 6.73. The van der Waals surface area contributed by atoms with Crippen LogP contribution >= 0.6 is 0 Å². The van der Waals surface area contributed by atoms with Gasteiger partial charge in [-0.25, -0.2) is 9.78 Å². The van der Waals surface area contributed by atoms with E-state index in [0.29, 0.717) is 33.7 Å². The van der Waals surface area contributed by atoms with E-state index in [1.807, 2.05) is 0 Å². The maximum atomic E-state index is 12.7. The number of para-hydroxylation sites is 1. The lowest BCUT2D eigenvalue weighted by Gasteiger charge is -2.35. The minimum atomic E-state index is -1.03. The molecule has 33 heavy (non-hydrogen) atoms. The van der Waals surface area contributed by atoms with Crippen molar-refractivity contribution in [2.75, 3.05) is 50.1 Å². The molecule has 1 saturated heterocycles. The fraction of sp³-hybridized carbons (Fsp3) is 0.320. The predicted octanol–water partition coefficient (Wildman–Crippen LogP) is 3.73. The quantitative estimate of drug-likeness (QED) is 0.569. The number of carboxylic acid groups (broad SMARTS) is 1. The van der Waals surface area contributed by atoms with Gasteiger partial charge in [-0.3, -0.25) is 9.69 Å². The topological polar surface area (TPSA) is 95.0 Å². The first-order valence-corrected chi connectivity index (χ1v) is 11.1. The number of aromatic carboxylic acids is 1. The molecule has 0 unspecified atom stereocenters. The highest BCUT2D eigenvalue weighted by atomic mass is 16.5. The van der Waals surface area contributed by atoms with Crippen LogP contribution in [0.25, 0.3) is 10.9 Å². The summed E-state index contributed by atoms with van der Waals surface area (Å²) in [7, 11) is 1.51. The molecule has 4 rings (SSSR count). The number of rotatable bonds is 7. The van der Waals surface area contributed by atoms with Crippen LogP contribution in [-0.4, -0.2) is 66.7 Å². The molecule has 8 heteroatoms. The number of nitrogens with one attached hydrogen (secondary N) is 1. The third kappa shape index (κ3) is 4.90. The Morgan fingerprint density at radius 1 is 1.06 bits per heavy atom. The summed E-state index contributed by atoms with van der Waals surface area (Å²) >= 11 is 0. The van der Waals surface area contributed by atoms with Crippen LogP contribution < -0.4 is 15.0 Å². The van der Waals surface area contributed by atoms with Gasteiger partial charge in [0.1, 0.15) is 11.6 Å². The van der Waals surface area contributed by atoms with Crippen LogP contribution in [0, 0.1) is 0 Å². The smallest absolute Gasteiger partial charge is 0.336 e. The fourth-order valence-electron chi connectivity index (χ4n) is 4.18. The van der Waals surface area contributed by atoms with Gasteiger partial charge in [0, 0.05) is 37.3 Å². The zero-order valence-corrected chi connectivity index (χ0v) is 18.9. The number of carbonyl (C=O) groups is 2. The van der Waals surface area contributed by atoms with Gasteiger partial charge in [-0.15, -0.1) is 0 Å². The molecule has 8 nitrogen and oxygen atoms in total. The molecule has 0 saturated carbocycles. The molecule has 2 heterocycles. The van der Waals surface area contributed by atoms with E-state index in [9.17, 15) is 14.7 Å². The number of benzene rings is 2. The minimum absolute atomic E-state index is 0.166. The molecule has 2 aromatic carbocycles. The molecule has 0 radical (unpaired) electrons. The molecule has 1 aliphatic heterocycles. The molecule has 1 aromatic heterocycles. The molecule has 1 fully saturated rings. The average Bonchev–Trinajstić information content (AvgIpc) is 2.84. The summed E-state index contributed by atoms with van der Waals surface area (Å²) in [4.78, 5) is 34.1. The number of anilines is 2. The van der Waals surface area contributed by atoms with Crippen molar-refractivity contribution in [2.45, 2.75) is 13.3 Å². The van der Waals surface area contributed by atoms with E-state index in [1.165, 1.54) is 7.11 Å².